The molecule has 1 fully saturated rings. The summed E-state index contributed by atoms with van der Waals surface area (Å²) in [6.45, 7) is 7.86. The molecule has 0 N–H and O–H groups in total. The molecular weight excluding hydrogens is 366 g/mol. The van der Waals surface area contributed by atoms with Crippen molar-refractivity contribution >= 4 is 21.7 Å². The van der Waals surface area contributed by atoms with Crippen molar-refractivity contribution in [1.82, 2.24) is 4.90 Å². The zero-order valence-electron chi connectivity index (χ0n) is 16.5. The first-order valence-corrected chi connectivity index (χ1v) is 10.9. The van der Waals surface area contributed by atoms with Crippen molar-refractivity contribution in [3.63, 3.8) is 0 Å². The molecule has 1 amide bonds. The van der Waals surface area contributed by atoms with Crippen LogP contribution in [0.25, 0.3) is 0 Å². The Morgan fingerprint density at radius 1 is 1.19 bits per heavy atom. The fourth-order valence-electron chi connectivity index (χ4n) is 3.09. The van der Waals surface area contributed by atoms with Crippen LogP contribution in [0.2, 0.25) is 0 Å². The van der Waals surface area contributed by atoms with E-state index in [1.807, 2.05) is 6.92 Å². The number of carbonyl (C=O) groups excluding carboxylic acids is 2. The molecule has 0 saturated carbocycles. The van der Waals surface area contributed by atoms with Crippen molar-refractivity contribution in [2.24, 2.45) is 0 Å². The van der Waals surface area contributed by atoms with Crippen molar-refractivity contribution in [2.45, 2.75) is 69.9 Å². The van der Waals surface area contributed by atoms with Gasteiger partial charge >= 0.3 is 6.09 Å². The maximum absolute atomic E-state index is 12.4. The van der Waals surface area contributed by atoms with E-state index in [2.05, 4.69) is 0 Å². The molecule has 150 valence electrons. The number of ketones is 1. The predicted molar refractivity (Wildman–Crippen MR) is 103 cm³/mol. The fraction of sp³-hybridized carbons (Fsp3) is 0.600. The lowest BCUT2D eigenvalue weighted by Gasteiger charge is -2.28. The van der Waals surface area contributed by atoms with E-state index in [1.54, 1.807) is 49.9 Å². The van der Waals surface area contributed by atoms with Crippen LogP contribution in [0.3, 0.4) is 0 Å². The Bertz CT molecular complexity index is 778. The molecule has 27 heavy (non-hydrogen) atoms. The summed E-state index contributed by atoms with van der Waals surface area (Å²) in [5, 5.41) is 0. The summed E-state index contributed by atoms with van der Waals surface area (Å²) >= 11 is 0. The Labute approximate surface area is 161 Å². The molecule has 2 rings (SSSR count). The lowest BCUT2D eigenvalue weighted by atomic mass is 10.1. The second-order valence-corrected chi connectivity index (χ2v) is 10.2. The highest BCUT2D eigenvalue weighted by atomic mass is 32.2. The van der Waals surface area contributed by atoms with E-state index < -0.39 is 21.5 Å². The van der Waals surface area contributed by atoms with Gasteiger partial charge in [0.25, 0.3) is 0 Å². The average molecular weight is 396 g/mol. The molecule has 0 bridgehead atoms. The van der Waals surface area contributed by atoms with E-state index in [1.165, 1.54) is 0 Å². The molecule has 1 aliphatic rings. The van der Waals surface area contributed by atoms with Crippen molar-refractivity contribution < 1.29 is 22.7 Å². The number of carbonyl (C=O) groups is 2. The molecule has 0 radical (unpaired) electrons. The predicted octanol–water partition coefficient (Wildman–Crippen LogP) is 3.52. The highest BCUT2D eigenvalue weighted by Gasteiger charge is 2.33. The van der Waals surface area contributed by atoms with Gasteiger partial charge in [0, 0.05) is 25.4 Å². The first-order chi connectivity index (χ1) is 12.5. The smallest absolute Gasteiger partial charge is 0.410 e. The van der Waals surface area contributed by atoms with Gasteiger partial charge in [0.05, 0.1) is 10.6 Å². The lowest BCUT2D eigenvalue weighted by molar-refractivity contribution is -0.119. The van der Waals surface area contributed by atoms with Gasteiger partial charge in [0.1, 0.15) is 11.4 Å². The van der Waals surface area contributed by atoms with Crippen LogP contribution in [-0.2, 0) is 19.4 Å². The number of likely N-dealkylation sites (tertiary alicyclic amines) is 1. The summed E-state index contributed by atoms with van der Waals surface area (Å²) in [5.41, 5.74) is 0.393. The summed E-state index contributed by atoms with van der Waals surface area (Å²) < 4.78 is 30.2. The number of ether oxygens (including phenoxy) is 1. The second kappa shape index (κ2) is 8.42. The number of hydrogen-bond donors (Lipinski definition) is 0. The third-order valence-corrected chi connectivity index (χ3v) is 6.23. The maximum atomic E-state index is 12.4. The topological polar surface area (TPSA) is 80.8 Å². The number of nitrogens with zero attached hydrogens (tertiary/aromatic N) is 1. The van der Waals surface area contributed by atoms with Crippen LogP contribution in [0.5, 0.6) is 0 Å². The normalized spacial score (nSPS) is 17.8. The van der Waals surface area contributed by atoms with Crippen LogP contribution in [0.1, 0.15) is 52.0 Å². The molecule has 1 atom stereocenters. The number of sulfone groups is 1. The van der Waals surface area contributed by atoms with Crippen molar-refractivity contribution in [3.8, 4) is 0 Å². The number of rotatable bonds is 6. The highest BCUT2D eigenvalue weighted by molar-refractivity contribution is 7.91. The molecule has 1 aromatic carbocycles. The SMILES string of the molecule is Cc1ccc(S(=O)(=O)CCC(=O)CC2CCCN2C(=O)OC(C)(C)C)cc1. The second-order valence-electron chi connectivity index (χ2n) is 8.09. The minimum absolute atomic E-state index is 0.0468. The maximum Gasteiger partial charge on any atom is 0.410 e. The molecule has 0 spiro atoms. The third kappa shape index (κ3) is 6.34. The van der Waals surface area contributed by atoms with Crippen LogP contribution in [0.4, 0.5) is 4.79 Å². The number of aryl methyl sites for hydroxylation is 1. The molecule has 1 heterocycles. The quantitative estimate of drug-likeness (QED) is 0.736. The van der Waals surface area contributed by atoms with Gasteiger partial charge in [0.15, 0.2) is 9.84 Å². The van der Waals surface area contributed by atoms with Crippen molar-refractivity contribution in [2.75, 3.05) is 12.3 Å². The van der Waals surface area contributed by atoms with E-state index in [9.17, 15) is 18.0 Å². The molecule has 1 unspecified atom stereocenters. The average Bonchev–Trinajstić information content (AvgIpc) is 3.00. The number of Topliss-reactive ketones (excluding diaryl/α,β-unsaturated/α-hetero) is 1. The van der Waals surface area contributed by atoms with Crippen LogP contribution in [0, 0.1) is 6.92 Å². The van der Waals surface area contributed by atoms with E-state index in [0.29, 0.717) is 6.54 Å². The molecular formula is C20H29NO5S. The van der Waals surface area contributed by atoms with Crippen LogP contribution >= 0.6 is 0 Å². The Morgan fingerprint density at radius 3 is 2.41 bits per heavy atom. The van der Waals surface area contributed by atoms with Gasteiger partial charge in [0.2, 0.25) is 0 Å². The Hall–Kier alpha value is -1.89. The first kappa shape index (κ1) is 21.4. The molecule has 1 saturated heterocycles. The van der Waals surface area contributed by atoms with Gasteiger partial charge in [-0.05, 0) is 52.7 Å². The molecule has 1 aromatic rings. The molecule has 0 aromatic heterocycles. The summed E-state index contributed by atoms with van der Waals surface area (Å²) in [6.07, 6.45) is 1.26. The largest absolute Gasteiger partial charge is 0.444 e. The summed E-state index contributed by atoms with van der Waals surface area (Å²) in [5.74, 6) is -0.361. The molecule has 7 heteroatoms. The lowest BCUT2D eigenvalue weighted by Crippen LogP contribution is -2.40. The molecule has 0 aliphatic carbocycles. The Balaban J connectivity index is 1.91. The fourth-order valence-corrected chi connectivity index (χ4v) is 4.37. The van der Waals surface area contributed by atoms with Gasteiger partial charge in [-0.15, -0.1) is 0 Å². The molecule has 1 aliphatic heterocycles. The molecule has 6 nitrogen and oxygen atoms in total. The third-order valence-electron chi connectivity index (χ3n) is 4.50. The van der Waals surface area contributed by atoms with E-state index >= 15 is 0 Å². The number of benzene rings is 1. The van der Waals surface area contributed by atoms with Crippen LogP contribution < -0.4 is 0 Å². The van der Waals surface area contributed by atoms with Gasteiger partial charge < -0.3 is 9.64 Å². The van der Waals surface area contributed by atoms with E-state index in [4.69, 9.17) is 4.74 Å². The standard InChI is InChI=1S/C20H29NO5S/c1-15-7-9-18(10-8-15)27(24,25)13-11-17(22)14-16-6-5-12-21(16)19(23)26-20(2,3)4/h7-10,16H,5-6,11-14H2,1-4H3. The minimum atomic E-state index is -3.49. The van der Waals surface area contributed by atoms with Gasteiger partial charge in [-0.2, -0.15) is 0 Å². The summed E-state index contributed by atoms with van der Waals surface area (Å²) in [6, 6.07) is 6.40. The van der Waals surface area contributed by atoms with Crippen LogP contribution in [0.15, 0.2) is 29.2 Å². The van der Waals surface area contributed by atoms with Gasteiger partial charge in [-0.25, -0.2) is 13.2 Å². The van der Waals surface area contributed by atoms with E-state index in [0.717, 1.165) is 18.4 Å². The number of amides is 1. The van der Waals surface area contributed by atoms with E-state index in [-0.39, 0.29) is 35.3 Å². The zero-order chi connectivity index (χ0) is 20.2. The van der Waals surface area contributed by atoms with Crippen LogP contribution in [-0.4, -0.2) is 49.1 Å². The van der Waals surface area contributed by atoms with Crippen molar-refractivity contribution in [1.29, 1.82) is 0 Å². The summed E-state index contributed by atoms with van der Waals surface area (Å²) in [7, 11) is -3.49. The summed E-state index contributed by atoms with van der Waals surface area (Å²) in [4.78, 5) is 26.4. The Morgan fingerprint density at radius 2 is 1.81 bits per heavy atom. The van der Waals surface area contributed by atoms with Crippen molar-refractivity contribution in [3.05, 3.63) is 29.8 Å². The Kier molecular flexibility index (Phi) is 6.68. The first-order valence-electron chi connectivity index (χ1n) is 9.29. The van der Waals surface area contributed by atoms with Gasteiger partial charge in [-0.1, -0.05) is 17.7 Å². The monoisotopic (exact) mass is 395 g/mol. The van der Waals surface area contributed by atoms with Gasteiger partial charge in [-0.3, -0.25) is 4.79 Å². The zero-order valence-corrected chi connectivity index (χ0v) is 17.3. The highest BCUT2D eigenvalue weighted by Crippen LogP contribution is 2.24. The number of hydrogen-bond acceptors (Lipinski definition) is 5. The minimum Gasteiger partial charge on any atom is -0.444 e.